The van der Waals surface area contributed by atoms with Crippen LogP contribution in [-0.4, -0.2) is 33.9 Å². The van der Waals surface area contributed by atoms with Crippen LogP contribution in [-0.2, 0) is 16.1 Å². The molecule has 1 saturated heterocycles. The van der Waals surface area contributed by atoms with Crippen LogP contribution < -0.4 is 5.32 Å². The van der Waals surface area contributed by atoms with E-state index in [1.807, 2.05) is 30.3 Å². The number of ether oxygens (including phenoxy) is 1. The van der Waals surface area contributed by atoms with Crippen molar-refractivity contribution in [3.63, 3.8) is 0 Å². The molecule has 1 heterocycles. The average molecular weight is 383 g/mol. The number of anilines is 1. The Morgan fingerprint density at radius 2 is 1.86 bits per heavy atom. The number of benzene rings is 2. The maximum absolute atomic E-state index is 12.8. The fourth-order valence-corrected chi connectivity index (χ4v) is 3.22. The number of carbonyl (C=O) groups excluding carboxylic acids is 2. The number of rotatable bonds is 5. The van der Waals surface area contributed by atoms with Crippen molar-refractivity contribution >= 4 is 23.4 Å². The first-order chi connectivity index (χ1) is 13.4. The molecular formula is C20H21N3O5. The van der Waals surface area contributed by atoms with Gasteiger partial charge in [-0.05, 0) is 37.5 Å². The number of amides is 2. The average Bonchev–Trinajstić information content (AvgIpc) is 3.10. The van der Waals surface area contributed by atoms with Crippen LogP contribution in [0.4, 0.5) is 16.2 Å². The highest BCUT2D eigenvalue weighted by molar-refractivity contribution is 6.00. The van der Waals surface area contributed by atoms with Gasteiger partial charge in [-0.2, -0.15) is 0 Å². The molecular weight excluding hydrogens is 362 g/mol. The van der Waals surface area contributed by atoms with Crippen molar-refractivity contribution in [2.75, 3.05) is 11.9 Å². The third kappa shape index (κ3) is 4.11. The predicted molar refractivity (Wildman–Crippen MR) is 103 cm³/mol. The third-order valence-corrected chi connectivity index (χ3v) is 4.89. The van der Waals surface area contributed by atoms with Crippen LogP contribution in [0.5, 0.6) is 0 Å². The van der Waals surface area contributed by atoms with Crippen LogP contribution in [0.15, 0.2) is 54.6 Å². The van der Waals surface area contributed by atoms with Crippen LogP contribution >= 0.6 is 0 Å². The van der Waals surface area contributed by atoms with Gasteiger partial charge in [0.1, 0.15) is 12.1 Å². The molecule has 0 spiro atoms. The highest BCUT2D eigenvalue weighted by atomic mass is 16.6. The normalized spacial score (nSPS) is 18.5. The Bertz CT molecular complexity index is 869. The van der Waals surface area contributed by atoms with Crippen LogP contribution in [0.2, 0.25) is 0 Å². The van der Waals surface area contributed by atoms with E-state index in [0.29, 0.717) is 25.1 Å². The number of nitrogens with zero attached hydrogens (tertiary/aromatic N) is 2. The summed E-state index contributed by atoms with van der Waals surface area (Å²) < 4.78 is 5.38. The van der Waals surface area contributed by atoms with Gasteiger partial charge in [0.05, 0.1) is 4.92 Å². The molecule has 8 heteroatoms. The molecule has 1 aliphatic rings. The molecule has 1 aliphatic heterocycles. The molecule has 2 amide bonds. The van der Waals surface area contributed by atoms with Crippen LogP contribution in [0, 0.1) is 10.1 Å². The minimum Gasteiger partial charge on any atom is -0.445 e. The van der Waals surface area contributed by atoms with E-state index in [-0.39, 0.29) is 18.2 Å². The summed E-state index contributed by atoms with van der Waals surface area (Å²) in [6.07, 6.45) is 0.652. The minimum atomic E-state index is -1.05. The van der Waals surface area contributed by atoms with E-state index < -0.39 is 16.6 Å². The van der Waals surface area contributed by atoms with Crippen molar-refractivity contribution in [3.8, 4) is 0 Å². The van der Waals surface area contributed by atoms with Gasteiger partial charge in [0.2, 0.25) is 5.91 Å². The highest BCUT2D eigenvalue weighted by Gasteiger charge is 2.46. The zero-order valence-electron chi connectivity index (χ0n) is 15.5. The van der Waals surface area contributed by atoms with Crippen molar-refractivity contribution in [2.45, 2.75) is 31.9 Å². The molecule has 3 rings (SSSR count). The summed E-state index contributed by atoms with van der Waals surface area (Å²) in [4.78, 5) is 37.1. The van der Waals surface area contributed by atoms with E-state index >= 15 is 0 Å². The van der Waals surface area contributed by atoms with Gasteiger partial charge < -0.3 is 10.1 Å². The Balaban J connectivity index is 1.65. The first kappa shape index (κ1) is 19.3. The Morgan fingerprint density at radius 3 is 2.50 bits per heavy atom. The van der Waals surface area contributed by atoms with Crippen molar-refractivity contribution in [1.82, 2.24) is 4.90 Å². The second kappa shape index (κ2) is 8.08. The van der Waals surface area contributed by atoms with Crippen molar-refractivity contribution in [2.24, 2.45) is 0 Å². The van der Waals surface area contributed by atoms with Gasteiger partial charge in [0, 0.05) is 24.4 Å². The Hall–Kier alpha value is -3.42. The Morgan fingerprint density at radius 1 is 1.18 bits per heavy atom. The van der Waals surface area contributed by atoms with Crippen LogP contribution in [0.25, 0.3) is 0 Å². The zero-order chi connectivity index (χ0) is 20.1. The maximum atomic E-state index is 12.8. The van der Waals surface area contributed by atoms with Gasteiger partial charge in [-0.15, -0.1) is 0 Å². The number of nitro groups is 1. The number of hydrogen-bond donors (Lipinski definition) is 1. The first-order valence-corrected chi connectivity index (χ1v) is 8.94. The lowest BCUT2D eigenvalue weighted by Gasteiger charge is -2.33. The van der Waals surface area contributed by atoms with Gasteiger partial charge in [-0.3, -0.25) is 19.8 Å². The SMILES string of the molecule is CC1(C(=O)Nc2ccc([N+](=O)[O-])cc2)CCCN1C(=O)OCc1ccccc1. The fraction of sp³-hybridized carbons (Fsp3) is 0.300. The molecule has 8 nitrogen and oxygen atoms in total. The lowest BCUT2D eigenvalue weighted by Crippen LogP contribution is -2.53. The molecule has 2 aromatic rings. The summed E-state index contributed by atoms with van der Waals surface area (Å²) in [6, 6.07) is 14.9. The molecule has 1 fully saturated rings. The molecule has 1 atom stereocenters. The monoisotopic (exact) mass is 383 g/mol. The predicted octanol–water partition coefficient (Wildman–Crippen LogP) is 3.72. The minimum absolute atomic E-state index is 0.0591. The van der Waals surface area contributed by atoms with E-state index in [2.05, 4.69) is 5.32 Å². The molecule has 0 bridgehead atoms. The second-order valence-electron chi connectivity index (χ2n) is 6.83. The van der Waals surface area contributed by atoms with E-state index in [1.165, 1.54) is 29.2 Å². The molecule has 0 saturated carbocycles. The fourth-order valence-electron chi connectivity index (χ4n) is 3.22. The summed E-state index contributed by atoms with van der Waals surface area (Å²) >= 11 is 0. The van der Waals surface area contributed by atoms with E-state index in [0.717, 1.165) is 5.56 Å². The lowest BCUT2D eigenvalue weighted by molar-refractivity contribution is -0.384. The molecule has 2 aromatic carbocycles. The number of nitro benzene ring substituents is 1. The second-order valence-corrected chi connectivity index (χ2v) is 6.83. The van der Waals surface area contributed by atoms with E-state index in [4.69, 9.17) is 4.74 Å². The third-order valence-electron chi connectivity index (χ3n) is 4.89. The van der Waals surface area contributed by atoms with Crippen molar-refractivity contribution < 1.29 is 19.2 Å². The highest BCUT2D eigenvalue weighted by Crippen LogP contribution is 2.31. The summed E-state index contributed by atoms with van der Waals surface area (Å²) in [7, 11) is 0. The molecule has 146 valence electrons. The molecule has 0 radical (unpaired) electrons. The Kier molecular flexibility index (Phi) is 5.58. The lowest BCUT2D eigenvalue weighted by atomic mass is 9.98. The number of likely N-dealkylation sites (tertiary alicyclic amines) is 1. The largest absolute Gasteiger partial charge is 0.445 e. The van der Waals surface area contributed by atoms with Gasteiger partial charge >= 0.3 is 6.09 Å². The van der Waals surface area contributed by atoms with Gasteiger partial charge in [-0.1, -0.05) is 30.3 Å². The van der Waals surface area contributed by atoms with E-state index in [9.17, 15) is 19.7 Å². The Labute approximate surface area is 162 Å². The first-order valence-electron chi connectivity index (χ1n) is 8.94. The molecule has 1 N–H and O–H groups in total. The summed E-state index contributed by atoms with van der Waals surface area (Å²) in [5, 5.41) is 13.5. The maximum Gasteiger partial charge on any atom is 0.410 e. The number of carbonyl (C=O) groups is 2. The van der Waals surface area contributed by atoms with Crippen LogP contribution in [0.1, 0.15) is 25.3 Å². The topological polar surface area (TPSA) is 102 Å². The molecule has 0 aliphatic carbocycles. The number of non-ortho nitro benzene ring substituents is 1. The molecule has 0 aromatic heterocycles. The van der Waals surface area contributed by atoms with E-state index in [1.54, 1.807) is 6.92 Å². The smallest absolute Gasteiger partial charge is 0.410 e. The molecule has 1 unspecified atom stereocenters. The van der Waals surface area contributed by atoms with Crippen LogP contribution in [0.3, 0.4) is 0 Å². The summed E-state index contributed by atoms with van der Waals surface area (Å²) in [5.74, 6) is -0.351. The van der Waals surface area contributed by atoms with Crippen molar-refractivity contribution in [3.05, 3.63) is 70.3 Å². The van der Waals surface area contributed by atoms with Gasteiger partial charge in [-0.25, -0.2) is 4.79 Å². The molecule has 28 heavy (non-hydrogen) atoms. The summed E-state index contributed by atoms with van der Waals surface area (Å²) in [5.41, 5.74) is 0.194. The summed E-state index contributed by atoms with van der Waals surface area (Å²) in [6.45, 7) is 2.26. The number of hydrogen-bond acceptors (Lipinski definition) is 5. The standard InChI is InChI=1S/C20H21N3O5/c1-20(18(24)21-16-8-10-17(11-9-16)23(26)27)12-5-13-22(20)19(25)28-14-15-6-3-2-4-7-15/h2-4,6-11H,5,12-14H2,1H3,(H,21,24). The van der Waals surface area contributed by atoms with Crippen molar-refractivity contribution in [1.29, 1.82) is 0 Å². The number of nitrogens with one attached hydrogen (secondary N) is 1. The van der Waals surface area contributed by atoms with Gasteiger partial charge in [0.25, 0.3) is 5.69 Å². The van der Waals surface area contributed by atoms with Gasteiger partial charge in [0.15, 0.2) is 0 Å². The quantitative estimate of drug-likeness (QED) is 0.626. The zero-order valence-corrected chi connectivity index (χ0v) is 15.5.